The van der Waals surface area contributed by atoms with E-state index in [1.165, 1.54) is 0 Å². The van der Waals surface area contributed by atoms with E-state index in [2.05, 4.69) is 0 Å². The van der Waals surface area contributed by atoms with Gasteiger partial charge in [-0.25, -0.2) is 0 Å². The summed E-state index contributed by atoms with van der Waals surface area (Å²) in [5.41, 5.74) is 7.62. The average molecular weight is 278 g/mol. The fraction of sp³-hybridized carbons (Fsp3) is 0.200. The Morgan fingerprint density at radius 3 is 2.37 bits per heavy atom. The lowest BCUT2D eigenvalue weighted by Gasteiger charge is -2.20. The molecule has 0 bridgehead atoms. The van der Waals surface area contributed by atoms with Gasteiger partial charge in [0, 0.05) is 5.02 Å². The molecule has 0 aliphatic carbocycles. The third-order valence-electron chi connectivity index (χ3n) is 3.03. The molecular weight excluding hydrogens is 262 g/mol. The standard InChI is InChI=1S/C15H16ClNO2/c1-19-13-7-5-10(6-8-13)14(17)15(18)11-3-2-4-12(16)9-11/h2-9,14-15,18H,17H2,1H3/t14-,15?/m1/s1. The summed E-state index contributed by atoms with van der Waals surface area (Å²) in [5, 5.41) is 10.9. The van der Waals surface area contributed by atoms with Gasteiger partial charge in [0.05, 0.1) is 19.3 Å². The van der Waals surface area contributed by atoms with Crippen LogP contribution in [-0.2, 0) is 0 Å². The highest BCUT2D eigenvalue weighted by Crippen LogP contribution is 2.28. The van der Waals surface area contributed by atoms with Crippen molar-refractivity contribution in [3.05, 3.63) is 64.7 Å². The zero-order valence-corrected chi connectivity index (χ0v) is 11.3. The van der Waals surface area contributed by atoms with Gasteiger partial charge in [0.2, 0.25) is 0 Å². The first kappa shape index (κ1) is 13.9. The van der Waals surface area contributed by atoms with Gasteiger partial charge in [-0.1, -0.05) is 35.9 Å². The van der Waals surface area contributed by atoms with Crippen LogP contribution in [0.4, 0.5) is 0 Å². The van der Waals surface area contributed by atoms with Crippen LogP contribution >= 0.6 is 11.6 Å². The first-order valence-electron chi connectivity index (χ1n) is 5.95. The summed E-state index contributed by atoms with van der Waals surface area (Å²) in [6.07, 6.45) is -0.799. The van der Waals surface area contributed by atoms with E-state index in [0.717, 1.165) is 11.3 Å². The smallest absolute Gasteiger partial charge is 0.118 e. The molecule has 3 nitrogen and oxygen atoms in total. The molecule has 0 fully saturated rings. The Bertz CT molecular complexity index is 542. The lowest BCUT2D eigenvalue weighted by atomic mass is 9.96. The number of aliphatic hydroxyl groups excluding tert-OH is 1. The lowest BCUT2D eigenvalue weighted by Crippen LogP contribution is -2.19. The monoisotopic (exact) mass is 277 g/mol. The van der Waals surface area contributed by atoms with E-state index in [9.17, 15) is 5.11 Å². The van der Waals surface area contributed by atoms with Crippen molar-refractivity contribution in [3.63, 3.8) is 0 Å². The van der Waals surface area contributed by atoms with Crippen LogP contribution in [0.25, 0.3) is 0 Å². The van der Waals surface area contributed by atoms with Gasteiger partial charge in [0.1, 0.15) is 5.75 Å². The Kier molecular flexibility index (Phi) is 4.43. The highest BCUT2D eigenvalue weighted by Gasteiger charge is 2.18. The predicted octanol–water partition coefficient (Wildman–Crippen LogP) is 3.08. The van der Waals surface area contributed by atoms with Crippen LogP contribution in [0.2, 0.25) is 5.02 Å². The van der Waals surface area contributed by atoms with Crippen LogP contribution in [0.5, 0.6) is 5.75 Å². The van der Waals surface area contributed by atoms with Gasteiger partial charge in [0.15, 0.2) is 0 Å². The van der Waals surface area contributed by atoms with Crippen LogP contribution in [0.1, 0.15) is 23.3 Å². The molecule has 0 aliphatic heterocycles. The Labute approximate surface area is 117 Å². The molecule has 0 aromatic heterocycles. The minimum Gasteiger partial charge on any atom is -0.497 e. The van der Waals surface area contributed by atoms with E-state index in [1.54, 1.807) is 31.4 Å². The number of methoxy groups -OCH3 is 1. The molecule has 4 heteroatoms. The predicted molar refractivity (Wildman–Crippen MR) is 76.3 cm³/mol. The molecule has 100 valence electrons. The Morgan fingerprint density at radius 2 is 1.79 bits per heavy atom. The molecule has 0 amide bonds. The summed E-state index contributed by atoms with van der Waals surface area (Å²) < 4.78 is 5.09. The van der Waals surface area contributed by atoms with Crippen molar-refractivity contribution in [2.75, 3.05) is 7.11 Å². The quantitative estimate of drug-likeness (QED) is 0.903. The molecule has 2 atom stereocenters. The van der Waals surface area contributed by atoms with Gasteiger partial charge < -0.3 is 15.6 Å². The zero-order chi connectivity index (χ0) is 13.8. The Balaban J connectivity index is 2.20. The lowest BCUT2D eigenvalue weighted by molar-refractivity contribution is 0.147. The molecule has 0 saturated heterocycles. The number of halogens is 1. The van der Waals surface area contributed by atoms with Crippen LogP contribution in [-0.4, -0.2) is 12.2 Å². The van der Waals surface area contributed by atoms with E-state index in [1.807, 2.05) is 24.3 Å². The molecule has 0 radical (unpaired) electrons. The summed E-state index contributed by atoms with van der Waals surface area (Å²) >= 11 is 5.91. The van der Waals surface area contributed by atoms with Crippen LogP contribution in [0, 0.1) is 0 Å². The number of ether oxygens (including phenoxy) is 1. The molecule has 2 aromatic carbocycles. The minimum atomic E-state index is -0.799. The fourth-order valence-corrected chi connectivity index (χ4v) is 2.11. The van der Waals surface area contributed by atoms with E-state index in [-0.39, 0.29) is 0 Å². The summed E-state index contributed by atoms with van der Waals surface area (Å²) in [7, 11) is 1.61. The van der Waals surface area contributed by atoms with Gasteiger partial charge in [-0.15, -0.1) is 0 Å². The third kappa shape index (κ3) is 3.26. The number of aliphatic hydroxyl groups is 1. The van der Waals surface area contributed by atoms with E-state index >= 15 is 0 Å². The highest BCUT2D eigenvalue weighted by atomic mass is 35.5. The van der Waals surface area contributed by atoms with Crippen molar-refractivity contribution < 1.29 is 9.84 Å². The number of benzene rings is 2. The summed E-state index contributed by atoms with van der Waals surface area (Å²) in [4.78, 5) is 0. The summed E-state index contributed by atoms with van der Waals surface area (Å²) in [6, 6.07) is 13.9. The molecule has 2 rings (SSSR count). The molecule has 0 saturated carbocycles. The van der Waals surface area contributed by atoms with Gasteiger partial charge >= 0.3 is 0 Å². The first-order chi connectivity index (χ1) is 9.11. The van der Waals surface area contributed by atoms with E-state index in [4.69, 9.17) is 22.1 Å². The maximum Gasteiger partial charge on any atom is 0.118 e. The van der Waals surface area contributed by atoms with E-state index in [0.29, 0.717) is 10.6 Å². The Morgan fingerprint density at radius 1 is 1.11 bits per heavy atom. The first-order valence-corrected chi connectivity index (χ1v) is 6.32. The average Bonchev–Trinajstić information content (AvgIpc) is 2.46. The maximum atomic E-state index is 10.3. The molecule has 19 heavy (non-hydrogen) atoms. The van der Waals surface area contributed by atoms with Crippen molar-refractivity contribution in [3.8, 4) is 5.75 Å². The van der Waals surface area contributed by atoms with E-state index < -0.39 is 12.1 Å². The normalized spacial score (nSPS) is 13.9. The molecule has 2 aromatic rings. The fourth-order valence-electron chi connectivity index (χ4n) is 1.91. The molecule has 0 heterocycles. The van der Waals surface area contributed by atoms with Gasteiger partial charge in [0.25, 0.3) is 0 Å². The third-order valence-corrected chi connectivity index (χ3v) is 3.27. The van der Waals surface area contributed by atoms with Crippen molar-refractivity contribution in [2.45, 2.75) is 12.1 Å². The molecule has 0 aliphatic rings. The van der Waals surface area contributed by atoms with Crippen molar-refractivity contribution in [2.24, 2.45) is 5.73 Å². The Hall–Kier alpha value is -1.55. The number of nitrogens with two attached hydrogens (primary N) is 1. The van der Waals surface area contributed by atoms with Crippen molar-refractivity contribution >= 4 is 11.6 Å². The summed E-state index contributed by atoms with van der Waals surface area (Å²) in [5.74, 6) is 0.758. The van der Waals surface area contributed by atoms with Gasteiger partial charge in [-0.05, 0) is 35.4 Å². The van der Waals surface area contributed by atoms with Gasteiger partial charge in [-0.2, -0.15) is 0 Å². The number of hydrogen-bond acceptors (Lipinski definition) is 3. The largest absolute Gasteiger partial charge is 0.497 e. The molecule has 3 N–H and O–H groups in total. The summed E-state index contributed by atoms with van der Waals surface area (Å²) in [6.45, 7) is 0. The topological polar surface area (TPSA) is 55.5 Å². The molecule has 1 unspecified atom stereocenters. The zero-order valence-electron chi connectivity index (χ0n) is 10.6. The second-order valence-electron chi connectivity index (χ2n) is 4.30. The SMILES string of the molecule is COc1ccc([C@@H](N)C(O)c2cccc(Cl)c2)cc1. The minimum absolute atomic E-state index is 0.510. The second-order valence-corrected chi connectivity index (χ2v) is 4.74. The second kappa shape index (κ2) is 6.06. The number of rotatable bonds is 4. The van der Waals surface area contributed by atoms with Crippen LogP contribution in [0.15, 0.2) is 48.5 Å². The number of hydrogen-bond donors (Lipinski definition) is 2. The molecular formula is C15H16ClNO2. The maximum absolute atomic E-state index is 10.3. The van der Waals surface area contributed by atoms with Crippen LogP contribution in [0.3, 0.4) is 0 Å². The van der Waals surface area contributed by atoms with Gasteiger partial charge in [-0.3, -0.25) is 0 Å². The van der Waals surface area contributed by atoms with Crippen molar-refractivity contribution in [1.82, 2.24) is 0 Å². The van der Waals surface area contributed by atoms with Crippen LogP contribution < -0.4 is 10.5 Å². The van der Waals surface area contributed by atoms with Crippen molar-refractivity contribution in [1.29, 1.82) is 0 Å². The molecule has 0 spiro atoms. The highest BCUT2D eigenvalue weighted by molar-refractivity contribution is 6.30.